The minimum Gasteiger partial charge on any atom is -0.373 e. The number of rotatable bonds is 0. The Morgan fingerprint density at radius 3 is 2.40 bits per heavy atom. The number of hydrogen-bond donors (Lipinski definition) is 1. The van der Waals surface area contributed by atoms with Crippen molar-refractivity contribution in [3.05, 3.63) is 0 Å². The van der Waals surface area contributed by atoms with Crippen LogP contribution in [-0.2, 0) is 9.53 Å². The zero-order valence-electron chi connectivity index (χ0n) is 6.22. The average molecular weight is 143 g/mol. The van der Waals surface area contributed by atoms with Gasteiger partial charge in [-0.25, -0.2) is 0 Å². The number of nitrogens with one attached hydrogen (secondary N) is 1. The lowest BCUT2D eigenvalue weighted by Crippen LogP contribution is -2.12. The van der Waals surface area contributed by atoms with Crippen LogP contribution in [0, 0.1) is 0 Å². The summed E-state index contributed by atoms with van der Waals surface area (Å²) in [6.07, 6.45) is 2.35. The molecule has 0 saturated carbocycles. The maximum absolute atomic E-state index is 10.1. The van der Waals surface area contributed by atoms with Gasteiger partial charge in [-0.3, -0.25) is 4.79 Å². The quantitative estimate of drug-likeness (QED) is 0.495. The summed E-state index contributed by atoms with van der Waals surface area (Å²) >= 11 is 0. The summed E-state index contributed by atoms with van der Waals surface area (Å²) in [7, 11) is 0. The van der Waals surface area contributed by atoms with Crippen molar-refractivity contribution in [1.29, 1.82) is 0 Å². The van der Waals surface area contributed by atoms with Crippen LogP contribution in [0.15, 0.2) is 0 Å². The molecule has 2 rings (SSSR count). The van der Waals surface area contributed by atoms with Crippen molar-refractivity contribution in [2.24, 2.45) is 0 Å². The van der Waals surface area contributed by atoms with Gasteiger partial charge in [0, 0.05) is 13.0 Å². The topological polar surface area (TPSA) is 41.6 Å². The molecule has 0 aromatic rings. The van der Waals surface area contributed by atoms with E-state index in [1.54, 1.807) is 0 Å². The highest BCUT2D eigenvalue weighted by molar-refractivity contribution is 5.77. The van der Waals surface area contributed by atoms with Crippen molar-refractivity contribution < 1.29 is 9.53 Å². The van der Waals surface area contributed by atoms with Gasteiger partial charge in [-0.1, -0.05) is 0 Å². The van der Waals surface area contributed by atoms with E-state index in [-0.39, 0.29) is 5.91 Å². The summed E-state index contributed by atoms with van der Waals surface area (Å²) < 4.78 is 4.71. The van der Waals surface area contributed by atoms with Crippen LogP contribution in [0.5, 0.6) is 0 Å². The minimum atomic E-state index is 0.204. The zero-order valence-corrected chi connectivity index (χ0v) is 6.22. The Labute approximate surface area is 60.7 Å². The monoisotopic (exact) mass is 143 g/mol. The molecule has 0 bridgehead atoms. The van der Waals surface area contributed by atoms with Crippen molar-refractivity contribution in [3.8, 4) is 0 Å². The molecule has 1 N–H and O–H groups in total. The molecule has 0 spiro atoms. The number of amides is 1. The standard InChI is InChI=1S/C4H7NO.C3H6O/c6-4-2-1-3-5-4;1-3-2-4-3/h1-3H2,(H,5,6);3H,2H2,1H3. The van der Waals surface area contributed by atoms with Crippen LogP contribution in [0.25, 0.3) is 0 Å². The van der Waals surface area contributed by atoms with Gasteiger partial charge < -0.3 is 10.1 Å². The van der Waals surface area contributed by atoms with Gasteiger partial charge in [0.25, 0.3) is 0 Å². The second-order valence-electron chi connectivity index (χ2n) is 2.60. The summed E-state index contributed by atoms with van der Waals surface area (Å²) in [6.45, 7) is 3.93. The van der Waals surface area contributed by atoms with E-state index in [0.29, 0.717) is 6.10 Å². The lowest BCUT2D eigenvalue weighted by Gasteiger charge is -1.80. The molecule has 2 fully saturated rings. The molecule has 2 aliphatic rings. The molecule has 10 heavy (non-hydrogen) atoms. The molecular formula is C7H13NO2. The largest absolute Gasteiger partial charge is 0.373 e. The first-order valence-corrected chi connectivity index (χ1v) is 3.67. The van der Waals surface area contributed by atoms with E-state index in [9.17, 15) is 4.79 Å². The van der Waals surface area contributed by atoms with Crippen LogP contribution < -0.4 is 5.32 Å². The fourth-order valence-electron chi connectivity index (χ4n) is 0.661. The first-order chi connectivity index (χ1) is 4.79. The van der Waals surface area contributed by atoms with E-state index in [0.717, 1.165) is 26.0 Å². The molecule has 0 aliphatic carbocycles. The molecule has 1 unspecified atom stereocenters. The predicted molar refractivity (Wildman–Crippen MR) is 37.7 cm³/mol. The van der Waals surface area contributed by atoms with Gasteiger partial charge in [0.2, 0.25) is 5.91 Å². The fourth-order valence-corrected chi connectivity index (χ4v) is 0.661. The molecule has 2 heterocycles. The van der Waals surface area contributed by atoms with Gasteiger partial charge in [0.1, 0.15) is 0 Å². The Bertz CT molecular complexity index is 113. The third-order valence-electron chi connectivity index (χ3n) is 1.40. The van der Waals surface area contributed by atoms with E-state index < -0.39 is 0 Å². The zero-order chi connectivity index (χ0) is 7.40. The Morgan fingerprint density at radius 2 is 2.30 bits per heavy atom. The van der Waals surface area contributed by atoms with Crippen LogP contribution in [-0.4, -0.2) is 25.2 Å². The number of ether oxygens (including phenoxy) is 1. The van der Waals surface area contributed by atoms with E-state index in [4.69, 9.17) is 4.74 Å². The molecule has 2 aliphatic heterocycles. The summed E-state index contributed by atoms with van der Waals surface area (Å²) in [4.78, 5) is 10.1. The van der Waals surface area contributed by atoms with Crippen LogP contribution in [0.2, 0.25) is 0 Å². The lowest BCUT2D eigenvalue weighted by atomic mass is 10.4. The molecule has 58 valence electrons. The van der Waals surface area contributed by atoms with Crippen molar-refractivity contribution in [3.63, 3.8) is 0 Å². The van der Waals surface area contributed by atoms with Gasteiger partial charge in [-0.2, -0.15) is 0 Å². The second kappa shape index (κ2) is 3.56. The van der Waals surface area contributed by atoms with Crippen molar-refractivity contribution in [1.82, 2.24) is 5.32 Å². The number of carbonyl (C=O) groups is 1. The number of carbonyl (C=O) groups excluding carboxylic acids is 1. The SMILES string of the molecule is CC1CO1.O=C1CCCN1. The summed E-state index contributed by atoms with van der Waals surface area (Å²) in [5.74, 6) is 0.204. The van der Waals surface area contributed by atoms with E-state index >= 15 is 0 Å². The highest BCUT2D eigenvalue weighted by atomic mass is 16.6. The molecular weight excluding hydrogens is 130 g/mol. The molecule has 0 radical (unpaired) electrons. The highest BCUT2D eigenvalue weighted by Gasteiger charge is 2.13. The highest BCUT2D eigenvalue weighted by Crippen LogP contribution is 2.04. The Balaban J connectivity index is 0.000000108. The average Bonchev–Trinajstić information content (AvgIpc) is 2.50. The number of epoxide rings is 1. The predicted octanol–water partition coefficient (Wildman–Crippen LogP) is 0.301. The van der Waals surface area contributed by atoms with Crippen LogP contribution in [0.4, 0.5) is 0 Å². The molecule has 2 saturated heterocycles. The van der Waals surface area contributed by atoms with Crippen LogP contribution >= 0.6 is 0 Å². The van der Waals surface area contributed by atoms with Gasteiger partial charge >= 0.3 is 0 Å². The van der Waals surface area contributed by atoms with Crippen molar-refractivity contribution in [2.75, 3.05) is 13.2 Å². The van der Waals surface area contributed by atoms with E-state index in [1.165, 1.54) is 0 Å². The second-order valence-corrected chi connectivity index (χ2v) is 2.60. The smallest absolute Gasteiger partial charge is 0.220 e. The van der Waals surface area contributed by atoms with Gasteiger partial charge in [0.05, 0.1) is 12.7 Å². The van der Waals surface area contributed by atoms with E-state index in [2.05, 4.69) is 12.2 Å². The molecule has 1 atom stereocenters. The third kappa shape index (κ3) is 3.45. The maximum atomic E-state index is 10.1. The van der Waals surface area contributed by atoms with E-state index in [1.807, 2.05) is 0 Å². The first kappa shape index (κ1) is 7.54. The first-order valence-electron chi connectivity index (χ1n) is 3.67. The van der Waals surface area contributed by atoms with Crippen LogP contribution in [0.1, 0.15) is 19.8 Å². The van der Waals surface area contributed by atoms with Gasteiger partial charge in [-0.15, -0.1) is 0 Å². The van der Waals surface area contributed by atoms with Gasteiger partial charge in [-0.05, 0) is 13.3 Å². The molecule has 0 aromatic heterocycles. The number of hydrogen-bond acceptors (Lipinski definition) is 2. The normalized spacial score (nSPS) is 28.5. The molecule has 0 aromatic carbocycles. The fraction of sp³-hybridized carbons (Fsp3) is 0.857. The molecule has 3 nitrogen and oxygen atoms in total. The summed E-state index contributed by atoms with van der Waals surface area (Å²) in [6, 6.07) is 0. The third-order valence-corrected chi connectivity index (χ3v) is 1.40. The lowest BCUT2D eigenvalue weighted by molar-refractivity contribution is -0.119. The Hall–Kier alpha value is -0.570. The minimum absolute atomic E-state index is 0.204. The van der Waals surface area contributed by atoms with Crippen molar-refractivity contribution >= 4 is 5.91 Å². The van der Waals surface area contributed by atoms with Crippen LogP contribution in [0.3, 0.4) is 0 Å². The summed E-state index contributed by atoms with van der Waals surface area (Å²) in [5, 5.41) is 2.68. The van der Waals surface area contributed by atoms with Crippen molar-refractivity contribution in [2.45, 2.75) is 25.9 Å². The molecule has 1 amide bonds. The Kier molecular flexibility index (Phi) is 2.68. The Morgan fingerprint density at radius 1 is 1.70 bits per heavy atom. The summed E-state index contributed by atoms with van der Waals surface area (Å²) in [5.41, 5.74) is 0. The maximum Gasteiger partial charge on any atom is 0.220 e. The van der Waals surface area contributed by atoms with Gasteiger partial charge in [0.15, 0.2) is 0 Å². The molecule has 3 heteroatoms.